The van der Waals surface area contributed by atoms with Crippen LogP contribution in [-0.2, 0) is 23.8 Å². The van der Waals surface area contributed by atoms with Crippen LogP contribution < -0.4 is 0 Å². The van der Waals surface area contributed by atoms with Crippen molar-refractivity contribution in [2.24, 2.45) is 16.7 Å². The number of ketones is 1. The van der Waals surface area contributed by atoms with Crippen LogP contribution in [0.2, 0.25) is 0 Å². The molecule has 0 fully saturated rings. The third kappa shape index (κ3) is 15.1. The van der Waals surface area contributed by atoms with Crippen LogP contribution in [0.15, 0.2) is 0 Å². The van der Waals surface area contributed by atoms with E-state index in [-0.39, 0.29) is 40.1 Å². The van der Waals surface area contributed by atoms with E-state index in [0.717, 1.165) is 6.42 Å². The van der Waals surface area contributed by atoms with Gasteiger partial charge < -0.3 is 19.1 Å². The van der Waals surface area contributed by atoms with Crippen molar-refractivity contribution in [3.8, 4) is 0 Å². The number of carbonyl (C=O) groups is 2. The quantitative estimate of drug-likeness (QED) is 0.256. The third-order valence-corrected chi connectivity index (χ3v) is 5.70. The molecule has 0 spiro atoms. The van der Waals surface area contributed by atoms with Gasteiger partial charge in [0.25, 0.3) is 0 Å². The Morgan fingerprint density at radius 1 is 0.794 bits per heavy atom. The van der Waals surface area contributed by atoms with Crippen molar-refractivity contribution in [2.45, 2.75) is 120 Å². The summed E-state index contributed by atoms with van der Waals surface area (Å²) in [6.45, 7) is 26.5. The van der Waals surface area contributed by atoms with Crippen LogP contribution >= 0.6 is 0 Å². The molecule has 0 aromatic rings. The Hall–Kier alpha value is -0.980. The fraction of sp³-hybridized carbons (Fsp3) is 0.929. The van der Waals surface area contributed by atoms with E-state index in [1.807, 2.05) is 48.6 Å². The zero-order chi connectivity index (χ0) is 27.0. The summed E-state index contributed by atoms with van der Waals surface area (Å²) in [5.41, 5.74) is -1.21. The summed E-state index contributed by atoms with van der Waals surface area (Å²) >= 11 is 0. The molecule has 0 N–H and O–H groups in total. The van der Waals surface area contributed by atoms with Crippen LogP contribution in [0.1, 0.15) is 102 Å². The first-order chi connectivity index (χ1) is 15.2. The lowest BCUT2D eigenvalue weighted by Gasteiger charge is -2.34. The van der Waals surface area contributed by atoms with Crippen LogP contribution in [0.25, 0.3) is 0 Å². The highest BCUT2D eigenvalue weighted by molar-refractivity contribution is 5.80. The molecule has 0 saturated carbocycles. The number of carbonyl (C=O) groups excluding carboxylic acids is 2. The molecule has 0 rings (SSSR count). The van der Waals surface area contributed by atoms with Crippen molar-refractivity contribution in [3.05, 3.63) is 0 Å². The molecule has 0 radical (unpaired) electrons. The molecule has 0 aromatic carbocycles. The number of Topliss-reactive ketones (excluding diaryl/α,β-unsaturated/α-hetero) is 1. The Morgan fingerprint density at radius 3 is 1.82 bits per heavy atom. The molecule has 6 nitrogen and oxygen atoms in total. The average Bonchev–Trinajstić information content (AvgIpc) is 2.58. The maximum Gasteiger partial charge on any atom is 0.225 e. The van der Waals surface area contributed by atoms with E-state index in [2.05, 4.69) is 41.5 Å². The fourth-order valence-corrected chi connectivity index (χ4v) is 3.93. The summed E-state index contributed by atoms with van der Waals surface area (Å²) in [6, 6.07) is 0. The van der Waals surface area contributed by atoms with Crippen molar-refractivity contribution in [1.82, 2.24) is 4.90 Å². The number of rotatable bonds is 17. The van der Waals surface area contributed by atoms with Gasteiger partial charge in [0.05, 0.1) is 43.5 Å². The maximum atomic E-state index is 12.9. The number of hydrogen-bond acceptors (Lipinski definition) is 5. The summed E-state index contributed by atoms with van der Waals surface area (Å²) in [4.78, 5) is 26.8. The lowest BCUT2D eigenvalue weighted by molar-refractivity contribution is -0.140. The van der Waals surface area contributed by atoms with E-state index in [9.17, 15) is 9.59 Å². The minimum Gasteiger partial charge on any atom is -0.380 e. The largest absolute Gasteiger partial charge is 0.380 e. The second-order valence-electron chi connectivity index (χ2n) is 13.3. The van der Waals surface area contributed by atoms with E-state index in [1.165, 1.54) is 0 Å². The maximum absolute atomic E-state index is 12.9. The Labute approximate surface area is 210 Å². The normalized spacial score (nSPS) is 13.6. The Kier molecular flexibility index (Phi) is 13.0. The van der Waals surface area contributed by atoms with Crippen LogP contribution in [0.3, 0.4) is 0 Å². The summed E-state index contributed by atoms with van der Waals surface area (Å²) in [5, 5.41) is 0. The molecule has 0 aliphatic carbocycles. The van der Waals surface area contributed by atoms with Crippen molar-refractivity contribution in [3.63, 3.8) is 0 Å². The highest BCUT2D eigenvalue weighted by Gasteiger charge is 2.30. The third-order valence-electron chi connectivity index (χ3n) is 5.70. The van der Waals surface area contributed by atoms with Gasteiger partial charge in [-0.2, -0.15) is 0 Å². The van der Waals surface area contributed by atoms with Gasteiger partial charge in [-0.25, -0.2) is 0 Å². The Bertz CT molecular complexity index is 635. The van der Waals surface area contributed by atoms with Crippen molar-refractivity contribution in [2.75, 3.05) is 33.4 Å². The Morgan fingerprint density at radius 2 is 1.32 bits per heavy atom. The molecule has 0 aliphatic heterocycles. The highest BCUT2D eigenvalue weighted by Crippen LogP contribution is 2.26. The van der Waals surface area contributed by atoms with Gasteiger partial charge in [-0.15, -0.1) is 0 Å². The number of nitrogens with zero attached hydrogens (tertiary/aromatic N) is 1. The van der Waals surface area contributed by atoms with Crippen LogP contribution in [0, 0.1) is 16.7 Å². The molecule has 0 heterocycles. The molecule has 202 valence electrons. The monoisotopic (exact) mass is 485 g/mol. The number of ether oxygens (including phenoxy) is 3. The molecule has 0 aromatic heterocycles. The van der Waals surface area contributed by atoms with Crippen LogP contribution in [0.5, 0.6) is 0 Å². The fourth-order valence-electron chi connectivity index (χ4n) is 3.93. The molecule has 34 heavy (non-hydrogen) atoms. The molecule has 0 aliphatic rings. The van der Waals surface area contributed by atoms with Crippen LogP contribution in [0.4, 0.5) is 0 Å². The SMILES string of the molecule is CC(C)OC(C)(C)CCOC(C)(C)CC(=O)N(C)CC(C)(C)COCC(C)(C)CC(=O)C(C)C. The highest BCUT2D eigenvalue weighted by atomic mass is 16.5. The van der Waals surface area contributed by atoms with Crippen LogP contribution in [-0.4, -0.2) is 67.3 Å². The average molecular weight is 486 g/mol. The van der Waals surface area contributed by atoms with E-state index < -0.39 is 5.60 Å². The van der Waals surface area contributed by atoms with E-state index >= 15 is 0 Å². The molecule has 0 bridgehead atoms. The molecule has 0 unspecified atom stereocenters. The zero-order valence-corrected chi connectivity index (χ0v) is 24.6. The summed E-state index contributed by atoms with van der Waals surface area (Å²) in [7, 11) is 1.84. The first-order valence-corrected chi connectivity index (χ1v) is 12.8. The lowest BCUT2D eigenvalue weighted by Crippen LogP contribution is -2.42. The first-order valence-electron chi connectivity index (χ1n) is 12.8. The van der Waals surface area contributed by atoms with E-state index in [4.69, 9.17) is 14.2 Å². The molecule has 0 atom stereocenters. The van der Waals surface area contributed by atoms with Crippen molar-refractivity contribution >= 4 is 11.7 Å². The minimum absolute atomic E-state index is 0.0449. The number of amides is 1. The Balaban J connectivity index is 4.59. The van der Waals surface area contributed by atoms with Gasteiger partial charge in [-0.3, -0.25) is 9.59 Å². The standard InChI is InChI=1S/C28H55NO5/c1-21(2)23(30)16-25(5,6)19-32-20-26(7,8)18-29(13)24(31)17-28(11,12)33-15-14-27(9,10)34-22(3)4/h21-22H,14-20H2,1-13H3. The summed E-state index contributed by atoms with van der Waals surface area (Å²) in [6.07, 6.45) is 1.76. The predicted molar refractivity (Wildman–Crippen MR) is 140 cm³/mol. The topological polar surface area (TPSA) is 65.1 Å². The molecular formula is C28H55NO5. The zero-order valence-electron chi connectivity index (χ0n) is 24.6. The van der Waals surface area contributed by atoms with Gasteiger partial charge in [-0.1, -0.05) is 41.5 Å². The van der Waals surface area contributed by atoms with Gasteiger partial charge in [0.2, 0.25) is 5.91 Å². The molecule has 0 saturated heterocycles. The van der Waals surface area contributed by atoms with Gasteiger partial charge in [0.15, 0.2) is 0 Å². The van der Waals surface area contributed by atoms with E-state index in [1.54, 1.807) is 4.90 Å². The summed E-state index contributed by atoms with van der Waals surface area (Å²) in [5.74, 6) is 0.362. The molecule has 6 heteroatoms. The molecule has 1 amide bonds. The van der Waals surface area contributed by atoms with Gasteiger partial charge >= 0.3 is 0 Å². The van der Waals surface area contributed by atoms with E-state index in [0.29, 0.717) is 39.2 Å². The van der Waals surface area contributed by atoms with Crippen molar-refractivity contribution < 1.29 is 23.8 Å². The van der Waals surface area contributed by atoms with Crippen molar-refractivity contribution in [1.29, 1.82) is 0 Å². The molecular weight excluding hydrogens is 430 g/mol. The van der Waals surface area contributed by atoms with Gasteiger partial charge in [0.1, 0.15) is 5.78 Å². The smallest absolute Gasteiger partial charge is 0.225 e. The number of hydrogen-bond donors (Lipinski definition) is 0. The summed E-state index contributed by atoms with van der Waals surface area (Å²) < 4.78 is 18.0. The minimum atomic E-state index is -0.549. The first kappa shape index (κ1) is 33.0. The second-order valence-corrected chi connectivity index (χ2v) is 13.3. The lowest BCUT2D eigenvalue weighted by atomic mass is 9.85. The van der Waals surface area contributed by atoms with Gasteiger partial charge in [-0.05, 0) is 53.4 Å². The predicted octanol–water partition coefficient (Wildman–Crippen LogP) is 5.91. The van der Waals surface area contributed by atoms with Gasteiger partial charge in [0, 0.05) is 31.3 Å². The second kappa shape index (κ2) is 13.4.